The highest BCUT2D eigenvalue weighted by Gasteiger charge is 2.13. The topological polar surface area (TPSA) is 33.0 Å². The van der Waals surface area contributed by atoms with Crippen molar-refractivity contribution in [2.45, 2.75) is 6.92 Å². The van der Waals surface area contributed by atoms with Crippen LogP contribution >= 0.6 is 15.9 Å². The minimum absolute atomic E-state index is 0.280. The molecular formula is C9H7BrFNO. The summed E-state index contributed by atoms with van der Waals surface area (Å²) < 4.78 is 18.5. The molecule has 0 saturated carbocycles. The van der Waals surface area contributed by atoms with E-state index in [1.165, 1.54) is 13.2 Å². The Morgan fingerprint density at radius 1 is 1.62 bits per heavy atom. The monoisotopic (exact) mass is 243 g/mol. The maximum Gasteiger partial charge on any atom is 0.144 e. The van der Waals surface area contributed by atoms with Gasteiger partial charge in [0.2, 0.25) is 0 Å². The minimum atomic E-state index is -0.393. The summed E-state index contributed by atoms with van der Waals surface area (Å²) in [5, 5.41) is 8.72. The molecule has 0 aliphatic carbocycles. The molecule has 0 spiro atoms. The second-order valence-corrected chi connectivity index (χ2v) is 3.34. The Morgan fingerprint density at radius 2 is 2.23 bits per heavy atom. The third kappa shape index (κ3) is 1.65. The molecule has 0 fully saturated rings. The third-order valence-electron chi connectivity index (χ3n) is 1.72. The summed E-state index contributed by atoms with van der Waals surface area (Å²) in [4.78, 5) is 0. The number of hydrogen-bond donors (Lipinski definition) is 0. The van der Waals surface area contributed by atoms with Crippen LogP contribution in [0.1, 0.15) is 11.1 Å². The number of ether oxygens (including phenoxy) is 1. The van der Waals surface area contributed by atoms with Gasteiger partial charge in [-0.3, -0.25) is 0 Å². The van der Waals surface area contributed by atoms with Crippen LogP contribution < -0.4 is 4.74 Å². The fourth-order valence-electron chi connectivity index (χ4n) is 1.08. The van der Waals surface area contributed by atoms with E-state index in [0.717, 1.165) is 0 Å². The standard InChI is InChI=1S/C9H7BrFNO/c1-5-8(11)7(10)3-6(4-12)9(5)13-2/h3H,1-2H3. The molecule has 0 atom stereocenters. The van der Waals surface area contributed by atoms with Crippen LogP contribution in [-0.2, 0) is 0 Å². The molecule has 1 aromatic carbocycles. The molecule has 68 valence electrons. The van der Waals surface area contributed by atoms with Crippen molar-refractivity contribution in [1.29, 1.82) is 5.26 Å². The van der Waals surface area contributed by atoms with Gasteiger partial charge in [-0.05, 0) is 28.9 Å². The summed E-state index contributed by atoms with van der Waals surface area (Å²) in [6.45, 7) is 1.57. The van der Waals surface area contributed by atoms with E-state index in [1.807, 2.05) is 6.07 Å². The van der Waals surface area contributed by atoms with E-state index in [1.54, 1.807) is 6.92 Å². The normalized spacial score (nSPS) is 9.46. The molecule has 1 aromatic rings. The van der Waals surface area contributed by atoms with Gasteiger partial charge < -0.3 is 4.74 Å². The van der Waals surface area contributed by atoms with E-state index < -0.39 is 5.82 Å². The number of nitriles is 1. The first-order valence-corrected chi connectivity index (χ1v) is 4.33. The van der Waals surface area contributed by atoms with Crippen LogP contribution in [0.15, 0.2) is 10.5 Å². The van der Waals surface area contributed by atoms with Crippen LogP contribution in [0.3, 0.4) is 0 Å². The number of nitrogens with zero attached hydrogens (tertiary/aromatic N) is 1. The fraction of sp³-hybridized carbons (Fsp3) is 0.222. The van der Waals surface area contributed by atoms with Gasteiger partial charge in [-0.15, -0.1) is 0 Å². The highest BCUT2D eigenvalue weighted by atomic mass is 79.9. The van der Waals surface area contributed by atoms with Gasteiger partial charge in [-0.25, -0.2) is 4.39 Å². The molecule has 0 N–H and O–H groups in total. The fourth-order valence-corrected chi connectivity index (χ4v) is 1.61. The Hall–Kier alpha value is -1.08. The van der Waals surface area contributed by atoms with E-state index in [0.29, 0.717) is 16.9 Å². The van der Waals surface area contributed by atoms with Crippen molar-refractivity contribution >= 4 is 15.9 Å². The van der Waals surface area contributed by atoms with Crippen LogP contribution in [0.4, 0.5) is 4.39 Å². The Kier molecular flexibility index (Phi) is 2.89. The lowest BCUT2D eigenvalue weighted by atomic mass is 10.1. The van der Waals surface area contributed by atoms with E-state index in [9.17, 15) is 4.39 Å². The van der Waals surface area contributed by atoms with Crippen molar-refractivity contribution in [2.75, 3.05) is 7.11 Å². The van der Waals surface area contributed by atoms with Gasteiger partial charge in [0.05, 0.1) is 17.1 Å². The van der Waals surface area contributed by atoms with Crippen molar-refractivity contribution < 1.29 is 9.13 Å². The van der Waals surface area contributed by atoms with E-state index in [2.05, 4.69) is 15.9 Å². The number of rotatable bonds is 1. The quantitative estimate of drug-likeness (QED) is 0.760. The Balaban J connectivity index is 3.50. The summed E-state index contributed by atoms with van der Waals surface area (Å²) in [6, 6.07) is 3.34. The first kappa shape index (κ1) is 10.0. The van der Waals surface area contributed by atoms with E-state index >= 15 is 0 Å². The molecule has 4 heteroatoms. The van der Waals surface area contributed by atoms with Crippen molar-refractivity contribution in [1.82, 2.24) is 0 Å². The summed E-state index contributed by atoms with van der Waals surface area (Å²) >= 11 is 3.02. The molecular weight excluding hydrogens is 237 g/mol. The van der Waals surface area contributed by atoms with Gasteiger partial charge in [-0.2, -0.15) is 5.26 Å². The van der Waals surface area contributed by atoms with Gasteiger partial charge >= 0.3 is 0 Å². The number of benzene rings is 1. The molecule has 0 saturated heterocycles. The van der Waals surface area contributed by atoms with E-state index in [-0.39, 0.29) is 4.47 Å². The largest absolute Gasteiger partial charge is 0.495 e. The molecule has 1 rings (SSSR count). The van der Waals surface area contributed by atoms with Crippen LogP contribution in [0.5, 0.6) is 5.75 Å². The van der Waals surface area contributed by atoms with E-state index in [4.69, 9.17) is 10.00 Å². The lowest BCUT2D eigenvalue weighted by Crippen LogP contribution is -1.95. The summed E-state index contributed by atoms with van der Waals surface area (Å²) in [7, 11) is 1.41. The van der Waals surface area contributed by atoms with Crippen LogP contribution in [-0.4, -0.2) is 7.11 Å². The van der Waals surface area contributed by atoms with Crippen molar-refractivity contribution in [3.05, 3.63) is 27.5 Å². The smallest absolute Gasteiger partial charge is 0.144 e. The zero-order chi connectivity index (χ0) is 10.0. The molecule has 0 amide bonds. The molecule has 0 heterocycles. The summed E-state index contributed by atoms with van der Waals surface area (Å²) in [5.41, 5.74) is 0.668. The lowest BCUT2D eigenvalue weighted by Gasteiger charge is -2.08. The van der Waals surface area contributed by atoms with Gasteiger partial charge in [0.25, 0.3) is 0 Å². The number of hydrogen-bond acceptors (Lipinski definition) is 2. The first-order chi connectivity index (χ1) is 6.11. The molecule has 0 aliphatic heterocycles. The van der Waals surface area contributed by atoms with Gasteiger partial charge in [0, 0.05) is 5.56 Å². The average molecular weight is 244 g/mol. The number of halogens is 2. The highest BCUT2D eigenvalue weighted by Crippen LogP contribution is 2.30. The zero-order valence-electron chi connectivity index (χ0n) is 7.19. The lowest BCUT2D eigenvalue weighted by molar-refractivity contribution is 0.405. The molecule has 0 radical (unpaired) electrons. The van der Waals surface area contributed by atoms with Crippen molar-refractivity contribution in [2.24, 2.45) is 0 Å². The zero-order valence-corrected chi connectivity index (χ0v) is 8.77. The second-order valence-electron chi connectivity index (χ2n) is 2.49. The second kappa shape index (κ2) is 3.75. The average Bonchev–Trinajstić information content (AvgIpc) is 2.13. The number of methoxy groups -OCH3 is 1. The first-order valence-electron chi connectivity index (χ1n) is 3.54. The highest BCUT2D eigenvalue weighted by molar-refractivity contribution is 9.10. The molecule has 0 aromatic heterocycles. The molecule has 0 aliphatic rings. The maximum absolute atomic E-state index is 13.3. The summed E-state index contributed by atoms with van der Waals surface area (Å²) in [5.74, 6) is -0.0981. The molecule has 2 nitrogen and oxygen atoms in total. The van der Waals surface area contributed by atoms with Crippen LogP contribution in [0.25, 0.3) is 0 Å². The van der Waals surface area contributed by atoms with Crippen molar-refractivity contribution in [3.63, 3.8) is 0 Å². The Bertz CT molecular complexity index is 384. The van der Waals surface area contributed by atoms with Gasteiger partial charge in [-0.1, -0.05) is 0 Å². The predicted octanol–water partition coefficient (Wildman–Crippen LogP) is 2.78. The van der Waals surface area contributed by atoms with Gasteiger partial charge in [0.15, 0.2) is 0 Å². The Morgan fingerprint density at radius 3 is 2.69 bits per heavy atom. The third-order valence-corrected chi connectivity index (χ3v) is 2.30. The van der Waals surface area contributed by atoms with Crippen molar-refractivity contribution in [3.8, 4) is 11.8 Å². The van der Waals surface area contributed by atoms with Crippen LogP contribution in [0, 0.1) is 24.1 Å². The summed E-state index contributed by atoms with van der Waals surface area (Å²) in [6.07, 6.45) is 0. The predicted molar refractivity (Wildman–Crippen MR) is 50.1 cm³/mol. The van der Waals surface area contributed by atoms with Gasteiger partial charge in [0.1, 0.15) is 17.6 Å². The molecule has 0 unspecified atom stereocenters. The molecule has 0 bridgehead atoms. The minimum Gasteiger partial charge on any atom is -0.495 e. The SMILES string of the molecule is COc1c(C#N)cc(Br)c(F)c1C. The Labute approximate surface area is 84.1 Å². The maximum atomic E-state index is 13.3. The van der Waals surface area contributed by atoms with Crippen LogP contribution in [0.2, 0.25) is 0 Å². The molecule has 13 heavy (non-hydrogen) atoms.